The van der Waals surface area contributed by atoms with Gasteiger partial charge in [0, 0.05) is 52.1 Å². The summed E-state index contributed by atoms with van der Waals surface area (Å²) in [6.45, 7) is 1.48. The zero-order valence-electron chi connectivity index (χ0n) is 17.3. The maximum atomic E-state index is 12.9. The molecule has 0 unspecified atom stereocenters. The third-order valence-electron chi connectivity index (χ3n) is 5.31. The number of aromatic nitrogens is 3. The fourth-order valence-electron chi connectivity index (χ4n) is 3.77. The molecule has 1 N–H and O–H groups in total. The van der Waals surface area contributed by atoms with Crippen molar-refractivity contribution in [3.63, 3.8) is 0 Å². The molecule has 0 aliphatic carbocycles. The summed E-state index contributed by atoms with van der Waals surface area (Å²) >= 11 is 0. The second kappa shape index (κ2) is 8.27. The average Bonchev–Trinajstić information content (AvgIpc) is 3.21. The van der Waals surface area contributed by atoms with Gasteiger partial charge < -0.3 is 23.9 Å². The number of carbonyl (C=O) groups excluding carboxylic acids is 1. The van der Waals surface area contributed by atoms with E-state index < -0.39 is 0 Å². The number of fused-ring (bicyclic) bond motifs is 1. The molecule has 0 bridgehead atoms. The molecule has 0 radical (unpaired) electrons. The van der Waals surface area contributed by atoms with Crippen LogP contribution in [0.5, 0.6) is 0 Å². The topological polar surface area (TPSA) is 105 Å². The molecule has 3 aromatic heterocycles. The lowest BCUT2D eigenvalue weighted by Crippen LogP contribution is -2.39. The molecule has 158 valence electrons. The Morgan fingerprint density at radius 2 is 2.23 bits per heavy atom. The molecule has 3 aromatic rings. The number of hydrogen-bond donors (Lipinski definition) is 1. The number of rotatable bonds is 5. The summed E-state index contributed by atoms with van der Waals surface area (Å²) in [5.74, 6) is 1.33. The third kappa shape index (κ3) is 3.93. The lowest BCUT2D eigenvalue weighted by atomic mass is 9.93. The summed E-state index contributed by atoms with van der Waals surface area (Å²) in [5.41, 5.74) is 1.17. The van der Waals surface area contributed by atoms with E-state index in [0.717, 1.165) is 18.5 Å². The highest BCUT2D eigenvalue weighted by Crippen LogP contribution is 2.27. The first-order valence-electron chi connectivity index (χ1n) is 9.90. The van der Waals surface area contributed by atoms with E-state index in [1.165, 1.54) is 0 Å². The summed E-state index contributed by atoms with van der Waals surface area (Å²) in [4.78, 5) is 40.7. The van der Waals surface area contributed by atoms with Crippen molar-refractivity contribution >= 4 is 22.8 Å². The Balaban J connectivity index is 1.58. The number of likely N-dealkylation sites (tertiary alicyclic amines) is 1. The van der Waals surface area contributed by atoms with Crippen molar-refractivity contribution in [2.45, 2.75) is 25.4 Å². The van der Waals surface area contributed by atoms with Gasteiger partial charge >= 0.3 is 0 Å². The fraction of sp³-hybridized carbons (Fsp3) is 0.429. The van der Waals surface area contributed by atoms with E-state index in [9.17, 15) is 9.59 Å². The molecular formula is C21H25N5O4. The van der Waals surface area contributed by atoms with Gasteiger partial charge in [0.15, 0.2) is 5.76 Å². The normalized spacial score (nSPS) is 16.8. The highest BCUT2D eigenvalue weighted by molar-refractivity contribution is 5.91. The Hall–Kier alpha value is -3.20. The van der Waals surface area contributed by atoms with Gasteiger partial charge in [-0.3, -0.25) is 9.59 Å². The van der Waals surface area contributed by atoms with Gasteiger partial charge in [-0.15, -0.1) is 0 Å². The summed E-state index contributed by atoms with van der Waals surface area (Å²) in [6, 6.07) is 5.33. The summed E-state index contributed by atoms with van der Waals surface area (Å²) < 4.78 is 10.6. The predicted molar refractivity (Wildman–Crippen MR) is 112 cm³/mol. The molecular weight excluding hydrogens is 386 g/mol. The molecule has 1 amide bonds. The van der Waals surface area contributed by atoms with Crippen LogP contribution in [-0.2, 0) is 11.3 Å². The molecule has 0 spiro atoms. The number of piperidine rings is 1. The molecule has 1 atom stereocenters. The van der Waals surface area contributed by atoms with Crippen LogP contribution >= 0.6 is 0 Å². The fourth-order valence-corrected chi connectivity index (χ4v) is 3.77. The first-order chi connectivity index (χ1) is 14.5. The lowest BCUT2D eigenvalue weighted by molar-refractivity contribution is 0.0666. The Morgan fingerprint density at radius 3 is 3.00 bits per heavy atom. The third-order valence-corrected chi connectivity index (χ3v) is 5.31. The number of pyridine rings is 1. The molecule has 0 saturated carbocycles. The van der Waals surface area contributed by atoms with E-state index in [1.54, 1.807) is 35.2 Å². The SMILES string of the molecule is COCc1ccc(C(=O)N2CCC[C@H](c3cc4nc(N(C)C)ncc4c(=O)[nH]3)C2)o1. The summed E-state index contributed by atoms with van der Waals surface area (Å²) in [6.07, 6.45) is 3.27. The molecule has 1 aliphatic heterocycles. The second-order valence-electron chi connectivity index (χ2n) is 7.71. The lowest BCUT2D eigenvalue weighted by Gasteiger charge is -2.32. The van der Waals surface area contributed by atoms with Gasteiger partial charge in [-0.25, -0.2) is 9.97 Å². The maximum Gasteiger partial charge on any atom is 0.289 e. The van der Waals surface area contributed by atoms with Gasteiger partial charge in [0.2, 0.25) is 5.95 Å². The zero-order chi connectivity index (χ0) is 21.3. The number of nitrogens with one attached hydrogen (secondary N) is 1. The zero-order valence-corrected chi connectivity index (χ0v) is 17.3. The van der Waals surface area contributed by atoms with Gasteiger partial charge in [0.05, 0.1) is 10.9 Å². The van der Waals surface area contributed by atoms with Crippen LogP contribution in [-0.4, -0.2) is 60.1 Å². The molecule has 4 rings (SSSR count). The van der Waals surface area contributed by atoms with Crippen molar-refractivity contribution in [1.29, 1.82) is 0 Å². The van der Waals surface area contributed by atoms with Crippen molar-refractivity contribution in [2.75, 3.05) is 39.2 Å². The Labute approximate surface area is 173 Å². The van der Waals surface area contributed by atoms with Crippen molar-refractivity contribution in [1.82, 2.24) is 19.9 Å². The molecule has 9 heteroatoms. The monoisotopic (exact) mass is 411 g/mol. The largest absolute Gasteiger partial charge is 0.453 e. The van der Waals surface area contributed by atoms with E-state index in [4.69, 9.17) is 9.15 Å². The van der Waals surface area contributed by atoms with E-state index in [1.807, 2.05) is 20.2 Å². The van der Waals surface area contributed by atoms with E-state index in [-0.39, 0.29) is 17.4 Å². The number of amides is 1. The quantitative estimate of drug-likeness (QED) is 0.686. The molecule has 1 fully saturated rings. The maximum absolute atomic E-state index is 12.9. The number of aromatic amines is 1. The molecule has 1 aliphatic rings. The first kappa shape index (κ1) is 20.1. The van der Waals surface area contributed by atoms with E-state index in [2.05, 4.69) is 15.0 Å². The number of ether oxygens (including phenoxy) is 1. The summed E-state index contributed by atoms with van der Waals surface area (Å²) in [7, 11) is 5.29. The molecule has 0 aromatic carbocycles. The van der Waals surface area contributed by atoms with Gasteiger partial charge in [-0.1, -0.05) is 0 Å². The highest BCUT2D eigenvalue weighted by atomic mass is 16.5. The van der Waals surface area contributed by atoms with E-state index >= 15 is 0 Å². The van der Waals surface area contributed by atoms with Crippen molar-refractivity contribution < 1.29 is 13.9 Å². The van der Waals surface area contributed by atoms with Crippen LogP contribution < -0.4 is 10.5 Å². The summed E-state index contributed by atoms with van der Waals surface area (Å²) in [5, 5.41) is 0.453. The van der Waals surface area contributed by atoms with Gasteiger partial charge in [0.25, 0.3) is 11.5 Å². The molecule has 30 heavy (non-hydrogen) atoms. The second-order valence-corrected chi connectivity index (χ2v) is 7.71. The minimum Gasteiger partial charge on any atom is -0.453 e. The number of methoxy groups -OCH3 is 1. The Bertz CT molecular complexity index is 1120. The average molecular weight is 411 g/mol. The van der Waals surface area contributed by atoms with Gasteiger partial charge in [-0.2, -0.15) is 0 Å². The van der Waals surface area contributed by atoms with Crippen LogP contribution in [0.4, 0.5) is 5.95 Å². The van der Waals surface area contributed by atoms with Gasteiger partial charge in [0.1, 0.15) is 12.4 Å². The minimum atomic E-state index is -0.216. The number of nitrogens with zero attached hydrogens (tertiary/aromatic N) is 4. The number of H-pyrrole nitrogens is 1. The van der Waals surface area contributed by atoms with Crippen molar-refractivity contribution in [3.8, 4) is 0 Å². The highest BCUT2D eigenvalue weighted by Gasteiger charge is 2.28. The Kier molecular flexibility index (Phi) is 5.54. The van der Waals surface area contributed by atoms with Gasteiger partial charge in [-0.05, 0) is 31.0 Å². The van der Waals surface area contributed by atoms with Crippen molar-refractivity contribution in [3.05, 3.63) is 52.0 Å². The number of anilines is 1. The van der Waals surface area contributed by atoms with Crippen LogP contribution in [0.2, 0.25) is 0 Å². The van der Waals surface area contributed by atoms with Crippen LogP contribution in [0.15, 0.2) is 33.6 Å². The van der Waals surface area contributed by atoms with Crippen LogP contribution in [0, 0.1) is 0 Å². The number of hydrogen-bond acceptors (Lipinski definition) is 7. The molecule has 9 nitrogen and oxygen atoms in total. The minimum absolute atomic E-state index is 0.0194. The van der Waals surface area contributed by atoms with Crippen molar-refractivity contribution in [2.24, 2.45) is 0 Å². The number of furan rings is 1. The smallest absolute Gasteiger partial charge is 0.289 e. The van der Waals surface area contributed by atoms with Crippen LogP contribution in [0.1, 0.15) is 40.8 Å². The predicted octanol–water partition coefficient (Wildman–Crippen LogP) is 2.14. The first-order valence-corrected chi connectivity index (χ1v) is 9.90. The molecule has 4 heterocycles. The standard InChI is InChI=1S/C21H25N5O4/c1-25(2)21-22-10-15-17(24-21)9-16(23-19(15)27)13-5-4-8-26(11-13)20(28)18-7-6-14(30-18)12-29-3/h6-7,9-10,13H,4-5,8,11-12H2,1-3H3,(H,23,27)/t13-/m0/s1. The van der Waals surface area contributed by atoms with Crippen LogP contribution in [0.25, 0.3) is 10.9 Å². The van der Waals surface area contributed by atoms with Crippen LogP contribution in [0.3, 0.4) is 0 Å². The Morgan fingerprint density at radius 1 is 1.40 bits per heavy atom. The molecule has 1 saturated heterocycles. The number of carbonyl (C=O) groups is 1. The van der Waals surface area contributed by atoms with E-state index in [0.29, 0.717) is 48.1 Å².